The van der Waals surface area contributed by atoms with Crippen molar-refractivity contribution in [2.75, 3.05) is 6.54 Å². The van der Waals surface area contributed by atoms with E-state index in [-0.39, 0.29) is 0 Å². The van der Waals surface area contributed by atoms with Crippen LogP contribution in [0.1, 0.15) is 24.5 Å². The molecule has 1 aromatic carbocycles. The lowest BCUT2D eigenvalue weighted by molar-refractivity contribution is 0.612. The molecule has 1 N–H and O–H groups in total. The van der Waals surface area contributed by atoms with E-state index in [0.717, 1.165) is 18.4 Å². The zero-order valence-electron chi connectivity index (χ0n) is 9.09. The molecule has 1 aliphatic carbocycles. The van der Waals surface area contributed by atoms with E-state index < -0.39 is 0 Å². The van der Waals surface area contributed by atoms with Gasteiger partial charge in [-0.25, -0.2) is 0 Å². The van der Waals surface area contributed by atoms with E-state index >= 15 is 0 Å². The second kappa shape index (κ2) is 4.14. The molecule has 2 atom stereocenters. The summed E-state index contributed by atoms with van der Waals surface area (Å²) in [7, 11) is 0. The highest BCUT2D eigenvalue weighted by Crippen LogP contribution is 2.36. The highest BCUT2D eigenvalue weighted by Gasteiger charge is 2.31. The molecular weight excluding hydrogens is 170 g/mol. The molecule has 0 radical (unpaired) electrons. The van der Waals surface area contributed by atoms with Crippen LogP contribution in [-0.4, -0.2) is 6.54 Å². The van der Waals surface area contributed by atoms with Crippen LogP contribution in [0.4, 0.5) is 0 Å². The molecule has 14 heavy (non-hydrogen) atoms. The van der Waals surface area contributed by atoms with Crippen LogP contribution in [0, 0.1) is 18.8 Å². The Bertz CT molecular complexity index is 289. The molecule has 0 heterocycles. The summed E-state index contributed by atoms with van der Waals surface area (Å²) in [5, 5.41) is 3.51. The molecule has 0 aromatic heterocycles. The smallest absolute Gasteiger partial charge is 0.0205 e. The topological polar surface area (TPSA) is 12.0 Å². The predicted molar refractivity (Wildman–Crippen MR) is 60.2 cm³/mol. The Labute approximate surface area is 86.5 Å². The standard InChI is InChI=1S/C13H19N/c1-10-3-5-12(6-4-10)8-14-9-13-7-11(13)2/h3-6,11,13-14H,7-9H2,1-2H3. The van der Waals surface area contributed by atoms with E-state index in [4.69, 9.17) is 0 Å². The van der Waals surface area contributed by atoms with Crippen molar-refractivity contribution in [2.24, 2.45) is 11.8 Å². The molecule has 0 spiro atoms. The van der Waals surface area contributed by atoms with Crippen molar-refractivity contribution in [1.29, 1.82) is 0 Å². The fourth-order valence-corrected chi connectivity index (χ4v) is 1.79. The molecule has 76 valence electrons. The third-order valence-corrected chi connectivity index (χ3v) is 3.13. The minimum absolute atomic E-state index is 0.945. The highest BCUT2D eigenvalue weighted by atomic mass is 14.9. The van der Waals surface area contributed by atoms with Gasteiger partial charge in [-0.15, -0.1) is 0 Å². The van der Waals surface area contributed by atoms with Gasteiger partial charge in [-0.2, -0.15) is 0 Å². The van der Waals surface area contributed by atoms with E-state index in [1.54, 1.807) is 0 Å². The largest absolute Gasteiger partial charge is 0.312 e. The molecule has 0 bridgehead atoms. The summed E-state index contributed by atoms with van der Waals surface area (Å²) >= 11 is 0. The van der Waals surface area contributed by atoms with Crippen molar-refractivity contribution in [3.05, 3.63) is 35.4 Å². The average Bonchev–Trinajstić information content (AvgIpc) is 2.86. The Morgan fingerprint density at radius 3 is 2.50 bits per heavy atom. The van der Waals surface area contributed by atoms with Gasteiger partial charge in [-0.3, -0.25) is 0 Å². The summed E-state index contributed by atoms with van der Waals surface area (Å²) in [6, 6.07) is 8.77. The van der Waals surface area contributed by atoms with Gasteiger partial charge in [0.05, 0.1) is 0 Å². The summed E-state index contributed by atoms with van der Waals surface area (Å²) in [6.45, 7) is 6.67. The molecule has 1 heteroatoms. The maximum absolute atomic E-state index is 3.51. The van der Waals surface area contributed by atoms with Crippen LogP contribution in [0.15, 0.2) is 24.3 Å². The van der Waals surface area contributed by atoms with E-state index in [1.807, 2.05) is 0 Å². The number of benzene rings is 1. The van der Waals surface area contributed by atoms with Gasteiger partial charge in [0, 0.05) is 6.54 Å². The lowest BCUT2D eigenvalue weighted by atomic mass is 10.1. The van der Waals surface area contributed by atoms with Crippen molar-refractivity contribution in [2.45, 2.75) is 26.8 Å². The normalized spacial score (nSPS) is 25.0. The first-order valence-corrected chi connectivity index (χ1v) is 5.52. The van der Waals surface area contributed by atoms with Crippen LogP contribution in [0.5, 0.6) is 0 Å². The van der Waals surface area contributed by atoms with Gasteiger partial charge in [0.25, 0.3) is 0 Å². The Kier molecular flexibility index (Phi) is 2.87. The van der Waals surface area contributed by atoms with Gasteiger partial charge in [-0.05, 0) is 37.3 Å². The molecule has 1 aromatic rings. The summed E-state index contributed by atoms with van der Waals surface area (Å²) < 4.78 is 0. The Balaban J connectivity index is 1.72. The molecule has 1 aliphatic rings. The summed E-state index contributed by atoms with van der Waals surface area (Å²) in [5.41, 5.74) is 2.73. The molecule has 1 fully saturated rings. The van der Waals surface area contributed by atoms with Crippen LogP contribution in [0.2, 0.25) is 0 Å². The van der Waals surface area contributed by atoms with E-state index in [0.29, 0.717) is 0 Å². The average molecular weight is 189 g/mol. The molecule has 2 rings (SSSR count). The maximum Gasteiger partial charge on any atom is 0.0205 e. The number of hydrogen-bond acceptors (Lipinski definition) is 1. The molecule has 1 nitrogen and oxygen atoms in total. The van der Waals surface area contributed by atoms with Crippen LogP contribution in [-0.2, 0) is 6.54 Å². The van der Waals surface area contributed by atoms with Gasteiger partial charge in [-0.1, -0.05) is 36.8 Å². The second-order valence-corrected chi connectivity index (χ2v) is 4.59. The molecule has 0 saturated heterocycles. The van der Waals surface area contributed by atoms with Gasteiger partial charge >= 0.3 is 0 Å². The minimum atomic E-state index is 0.945. The highest BCUT2D eigenvalue weighted by molar-refractivity contribution is 5.21. The summed E-state index contributed by atoms with van der Waals surface area (Å²) in [6.07, 6.45) is 1.42. The van der Waals surface area contributed by atoms with Crippen molar-refractivity contribution >= 4 is 0 Å². The first-order chi connectivity index (χ1) is 6.75. The fraction of sp³-hybridized carbons (Fsp3) is 0.538. The summed E-state index contributed by atoms with van der Waals surface area (Å²) in [4.78, 5) is 0. The number of hydrogen-bond donors (Lipinski definition) is 1. The lowest BCUT2D eigenvalue weighted by Gasteiger charge is -2.04. The Morgan fingerprint density at radius 2 is 1.93 bits per heavy atom. The lowest BCUT2D eigenvalue weighted by Crippen LogP contribution is -2.16. The van der Waals surface area contributed by atoms with Gasteiger partial charge < -0.3 is 5.32 Å². The quantitative estimate of drug-likeness (QED) is 0.768. The Morgan fingerprint density at radius 1 is 1.29 bits per heavy atom. The van der Waals surface area contributed by atoms with Crippen LogP contribution >= 0.6 is 0 Å². The molecular formula is C13H19N. The van der Waals surface area contributed by atoms with Gasteiger partial charge in [0.2, 0.25) is 0 Å². The first-order valence-electron chi connectivity index (χ1n) is 5.52. The van der Waals surface area contributed by atoms with Crippen molar-refractivity contribution in [3.8, 4) is 0 Å². The van der Waals surface area contributed by atoms with E-state index in [1.165, 1.54) is 24.1 Å². The molecule has 0 aliphatic heterocycles. The zero-order valence-corrected chi connectivity index (χ0v) is 9.09. The zero-order chi connectivity index (χ0) is 9.97. The number of aryl methyl sites for hydroxylation is 1. The third kappa shape index (κ3) is 2.58. The SMILES string of the molecule is Cc1ccc(CNCC2CC2C)cc1. The van der Waals surface area contributed by atoms with Crippen molar-refractivity contribution in [3.63, 3.8) is 0 Å². The number of rotatable bonds is 4. The van der Waals surface area contributed by atoms with E-state index in [2.05, 4.69) is 43.4 Å². The maximum atomic E-state index is 3.51. The van der Waals surface area contributed by atoms with Gasteiger partial charge in [0.1, 0.15) is 0 Å². The molecule has 1 saturated carbocycles. The van der Waals surface area contributed by atoms with Crippen LogP contribution < -0.4 is 5.32 Å². The fourth-order valence-electron chi connectivity index (χ4n) is 1.79. The third-order valence-electron chi connectivity index (χ3n) is 3.13. The van der Waals surface area contributed by atoms with Gasteiger partial charge in [0.15, 0.2) is 0 Å². The number of nitrogens with one attached hydrogen (secondary N) is 1. The van der Waals surface area contributed by atoms with Crippen LogP contribution in [0.3, 0.4) is 0 Å². The molecule has 2 unspecified atom stereocenters. The predicted octanol–water partition coefficient (Wildman–Crippen LogP) is 2.74. The molecule has 0 amide bonds. The van der Waals surface area contributed by atoms with Crippen molar-refractivity contribution < 1.29 is 0 Å². The monoisotopic (exact) mass is 189 g/mol. The van der Waals surface area contributed by atoms with Crippen molar-refractivity contribution in [1.82, 2.24) is 5.32 Å². The van der Waals surface area contributed by atoms with Crippen LogP contribution in [0.25, 0.3) is 0 Å². The van der Waals surface area contributed by atoms with E-state index in [9.17, 15) is 0 Å². The second-order valence-electron chi connectivity index (χ2n) is 4.59. The summed E-state index contributed by atoms with van der Waals surface area (Å²) in [5.74, 6) is 1.90. The minimum Gasteiger partial charge on any atom is -0.312 e. The first kappa shape index (κ1) is 9.72. The Hall–Kier alpha value is -0.820.